The Bertz CT molecular complexity index is 921. The van der Waals surface area contributed by atoms with Crippen molar-refractivity contribution in [3.05, 3.63) is 78.0 Å². The van der Waals surface area contributed by atoms with Gasteiger partial charge in [-0.25, -0.2) is 4.98 Å². The minimum absolute atomic E-state index is 0.0816. The van der Waals surface area contributed by atoms with Gasteiger partial charge in [0.25, 0.3) is 0 Å². The van der Waals surface area contributed by atoms with Crippen molar-refractivity contribution in [3.8, 4) is 17.2 Å². The molecule has 0 radical (unpaired) electrons. The monoisotopic (exact) mass is 392 g/mol. The molecule has 0 fully saturated rings. The van der Waals surface area contributed by atoms with Crippen LogP contribution in [0.15, 0.2) is 66.9 Å². The van der Waals surface area contributed by atoms with Crippen LogP contribution in [0.4, 0.5) is 5.82 Å². The zero-order valence-corrected chi connectivity index (χ0v) is 16.8. The van der Waals surface area contributed by atoms with Crippen LogP contribution in [0.5, 0.6) is 17.2 Å². The molecule has 29 heavy (non-hydrogen) atoms. The molecule has 0 spiro atoms. The summed E-state index contributed by atoms with van der Waals surface area (Å²) in [5.74, 6) is 2.05. The number of nitrogens with zero attached hydrogens (tertiary/aromatic N) is 2. The van der Waals surface area contributed by atoms with E-state index in [0.29, 0.717) is 29.6 Å². The average Bonchev–Trinajstić information content (AvgIpc) is 2.77. The fraction of sp³-hybridized carbons (Fsp3) is 0.217. The number of ether oxygens (including phenoxy) is 3. The molecular weight excluding hydrogens is 368 g/mol. The highest BCUT2D eigenvalue weighted by Crippen LogP contribution is 2.38. The number of aromatic nitrogens is 1. The van der Waals surface area contributed by atoms with E-state index in [1.165, 1.54) is 0 Å². The van der Waals surface area contributed by atoms with E-state index in [0.717, 1.165) is 11.1 Å². The minimum atomic E-state index is -0.0816. The van der Waals surface area contributed by atoms with Crippen molar-refractivity contribution in [1.82, 2.24) is 4.98 Å². The summed E-state index contributed by atoms with van der Waals surface area (Å²) in [4.78, 5) is 19.3. The number of rotatable bonds is 8. The van der Waals surface area contributed by atoms with E-state index in [9.17, 15) is 4.79 Å². The second-order valence-corrected chi connectivity index (χ2v) is 6.36. The van der Waals surface area contributed by atoms with Gasteiger partial charge in [-0.05, 0) is 35.4 Å². The van der Waals surface area contributed by atoms with Crippen LogP contribution in [0, 0.1) is 0 Å². The van der Waals surface area contributed by atoms with E-state index in [-0.39, 0.29) is 12.3 Å². The molecule has 6 heteroatoms. The fourth-order valence-electron chi connectivity index (χ4n) is 3.08. The van der Waals surface area contributed by atoms with Gasteiger partial charge in [-0.1, -0.05) is 36.4 Å². The molecule has 0 aliphatic heterocycles. The van der Waals surface area contributed by atoms with E-state index in [2.05, 4.69) is 4.98 Å². The maximum atomic E-state index is 13.2. The van der Waals surface area contributed by atoms with E-state index in [1.54, 1.807) is 44.6 Å². The second kappa shape index (κ2) is 9.59. The van der Waals surface area contributed by atoms with Crippen molar-refractivity contribution in [3.63, 3.8) is 0 Å². The summed E-state index contributed by atoms with van der Waals surface area (Å²) in [6.45, 7) is 0.432. The van der Waals surface area contributed by atoms with E-state index < -0.39 is 0 Å². The quantitative estimate of drug-likeness (QED) is 0.582. The van der Waals surface area contributed by atoms with Crippen LogP contribution in [0.25, 0.3) is 0 Å². The van der Waals surface area contributed by atoms with Gasteiger partial charge in [-0.15, -0.1) is 0 Å². The second-order valence-electron chi connectivity index (χ2n) is 6.36. The Kier molecular flexibility index (Phi) is 6.68. The number of pyridine rings is 1. The lowest BCUT2D eigenvalue weighted by atomic mass is 10.1. The van der Waals surface area contributed by atoms with E-state index >= 15 is 0 Å². The molecule has 150 valence electrons. The molecule has 3 rings (SSSR count). The molecule has 3 aromatic rings. The van der Waals surface area contributed by atoms with Gasteiger partial charge in [0.2, 0.25) is 11.7 Å². The predicted molar refractivity (Wildman–Crippen MR) is 112 cm³/mol. The molecule has 0 N–H and O–H groups in total. The van der Waals surface area contributed by atoms with E-state index in [4.69, 9.17) is 14.2 Å². The normalized spacial score (nSPS) is 10.3. The lowest BCUT2D eigenvalue weighted by molar-refractivity contribution is -0.118. The number of hydrogen-bond donors (Lipinski definition) is 0. The lowest BCUT2D eigenvalue weighted by Crippen LogP contribution is -2.32. The Balaban J connectivity index is 1.90. The highest BCUT2D eigenvalue weighted by atomic mass is 16.5. The van der Waals surface area contributed by atoms with Gasteiger partial charge in [0, 0.05) is 6.20 Å². The smallest absolute Gasteiger partial charge is 0.232 e. The first-order chi connectivity index (χ1) is 14.2. The Morgan fingerprint density at radius 2 is 1.52 bits per heavy atom. The third kappa shape index (κ3) is 4.85. The third-order valence-corrected chi connectivity index (χ3v) is 4.49. The summed E-state index contributed by atoms with van der Waals surface area (Å²) in [7, 11) is 4.66. The lowest BCUT2D eigenvalue weighted by Gasteiger charge is -2.22. The Hall–Kier alpha value is -3.54. The summed E-state index contributed by atoms with van der Waals surface area (Å²) in [5, 5.41) is 0. The Morgan fingerprint density at radius 3 is 2.07 bits per heavy atom. The Labute approximate surface area is 170 Å². The molecule has 0 saturated carbocycles. The van der Waals surface area contributed by atoms with Crippen molar-refractivity contribution in [2.24, 2.45) is 0 Å². The molecule has 0 aliphatic carbocycles. The van der Waals surface area contributed by atoms with Crippen LogP contribution in [0.3, 0.4) is 0 Å². The first-order valence-corrected chi connectivity index (χ1v) is 9.20. The number of methoxy groups -OCH3 is 3. The van der Waals surface area contributed by atoms with Gasteiger partial charge < -0.3 is 14.2 Å². The van der Waals surface area contributed by atoms with Gasteiger partial charge >= 0.3 is 0 Å². The summed E-state index contributed by atoms with van der Waals surface area (Å²) >= 11 is 0. The van der Waals surface area contributed by atoms with Gasteiger partial charge in [-0.3, -0.25) is 9.69 Å². The molecule has 1 heterocycles. The SMILES string of the molecule is COc1cc(CC(=O)N(Cc2ccccc2)c2ccccn2)cc(OC)c1OC. The maximum Gasteiger partial charge on any atom is 0.232 e. The van der Waals surface area contributed by atoms with Crippen LogP contribution in [-0.2, 0) is 17.8 Å². The topological polar surface area (TPSA) is 60.9 Å². The fourth-order valence-corrected chi connectivity index (χ4v) is 3.08. The maximum absolute atomic E-state index is 13.2. The molecule has 2 aromatic carbocycles. The van der Waals surface area contributed by atoms with Crippen molar-refractivity contribution < 1.29 is 19.0 Å². The van der Waals surface area contributed by atoms with Gasteiger partial charge in [-0.2, -0.15) is 0 Å². The number of anilines is 1. The molecule has 1 amide bonds. The highest BCUT2D eigenvalue weighted by Gasteiger charge is 2.20. The Morgan fingerprint density at radius 1 is 0.862 bits per heavy atom. The number of amides is 1. The van der Waals surface area contributed by atoms with Crippen LogP contribution in [0.1, 0.15) is 11.1 Å². The van der Waals surface area contributed by atoms with Crippen LogP contribution in [-0.4, -0.2) is 32.2 Å². The van der Waals surface area contributed by atoms with Gasteiger partial charge in [0.05, 0.1) is 34.3 Å². The van der Waals surface area contributed by atoms with Crippen LogP contribution >= 0.6 is 0 Å². The highest BCUT2D eigenvalue weighted by molar-refractivity contribution is 5.94. The summed E-state index contributed by atoms with van der Waals surface area (Å²) in [6, 6.07) is 18.9. The van der Waals surface area contributed by atoms with Crippen molar-refractivity contribution in [1.29, 1.82) is 0 Å². The average molecular weight is 392 g/mol. The molecule has 1 aromatic heterocycles. The molecule has 0 aliphatic rings. The largest absolute Gasteiger partial charge is 0.493 e. The predicted octanol–water partition coefficient (Wildman–Crippen LogP) is 3.88. The molecular formula is C23H24N2O4. The van der Waals surface area contributed by atoms with Crippen molar-refractivity contribution in [2.45, 2.75) is 13.0 Å². The van der Waals surface area contributed by atoms with Gasteiger partial charge in [0.15, 0.2) is 11.5 Å². The minimum Gasteiger partial charge on any atom is -0.493 e. The number of hydrogen-bond acceptors (Lipinski definition) is 5. The van der Waals surface area contributed by atoms with Crippen LogP contribution in [0.2, 0.25) is 0 Å². The van der Waals surface area contributed by atoms with Crippen molar-refractivity contribution >= 4 is 11.7 Å². The standard InChI is InChI=1S/C23H24N2O4/c1-27-19-13-18(14-20(28-2)23(19)29-3)15-22(26)25(21-11-7-8-12-24-21)16-17-9-5-4-6-10-17/h4-14H,15-16H2,1-3H3. The first kappa shape index (κ1) is 20.2. The molecule has 6 nitrogen and oxygen atoms in total. The molecule has 0 saturated heterocycles. The van der Waals surface area contributed by atoms with Crippen LogP contribution < -0.4 is 19.1 Å². The van der Waals surface area contributed by atoms with Crippen molar-refractivity contribution in [2.75, 3.05) is 26.2 Å². The summed E-state index contributed by atoms with van der Waals surface area (Å²) < 4.78 is 16.2. The molecule has 0 bridgehead atoms. The summed E-state index contributed by atoms with van der Waals surface area (Å²) in [5.41, 5.74) is 1.79. The third-order valence-electron chi connectivity index (χ3n) is 4.49. The first-order valence-electron chi connectivity index (χ1n) is 9.20. The molecule has 0 unspecified atom stereocenters. The number of carbonyl (C=O) groups excluding carboxylic acids is 1. The summed E-state index contributed by atoms with van der Waals surface area (Å²) in [6.07, 6.45) is 1.85. The number of carbonyl (C=O) groups is 1. The zero-order valence-electron chi connectivity index (χ0n) is 16.8. The van der Waals surface area contributed by atoms with E-state index in [1.807, 2.05) is 48.5 Å². The zero-order chi connectivity index (χ0) is 20.6. The molecule has 0 atom stereocenters. The van der Waals surface area contributed by atoms with Gasteiger partial charge in [0.1, 0.15) is 5.82 Å². The number of benzene rings is 2.